The van der Waals surface area contributed by atoms with Gasteiger partial charge in [0.05, 0.1) is 21.3 Å². The third kappa shape index (κ3) is 6.43. The van der Waals surface area contributed by atoms with Crippen LogP contribution in [0.1, 0.15) is 88.5 Å². The summed E-state index contributed by atoms with van der Waals surface area (Å²) in [5, 5.41) is 32.0. The largest absolute Gasteiger partial charge is 0.504 e. The Morgan fingerprint density at radius 3 is 1.80 bits per heavy atom. The van der Waals surface area contributed by atoms with E-state index >= 15 is 0 Å². The maximum atomic E-state index is 11.6. The Morgan fingerprint density at radius 1 is 0.650 bits per heavy atom. The van der Waals surface area contributed by atoms with Gasteiger partial charge >= 0.3 is 0 Å². The molecular formula is C34H46O6. The first-order valence-corrected chi connectivity index (χ1v) is 14.2. The van der Waals surface area contributed by atoms with Crippen LogP contribution in [-0.4, -0.2) is 36.6 Å². The van der Waals surface area contributed by atoms with E-state index in [2.05, 4.69) is 33.8 Å². The molecule has 0 heterocycles. The third-order valence-corrected chi connectivity index (χ3v) is 8.35. The van der Waals surface area contributed by atoms with Crippen molar-refractivity contribution in [3.05, 3.63) is 70.8 Å². The molecule has 0 bridgehead atoms. The van der Waals surface area contributed by atoms with Crippen LogP contribution in [0.2, 0.25) is 0 Å². The quantitative estimate of drug-likeness (QED) is 0.188. The molecule has 0 aromatic heterocycles. The average Bonchev–Trinajstić information content (AvgIpc) is 2.96. The lowest BCUT2D eigenvalue weighted by Crippen LogP contribution is -2.28. The maximum absolute atomic E-state index is 11.6. The normalized spacial score (nSPS) is 14.3. The van der Waals surface area contributed by atoms with Crippen LogP contribution in [0, 0.1) is 0 Å². The van der Waals surface area contributed by atoms with E-state index < -0.39 is 10.8 Å². The zero-order valence-corrected chi connectivity index (χ0v) is 25.1. The van der Waals surface area contributed by atoms with Crippen molar-refractivity contribution in [3.63, 3.8) is 0 Å². The lowest BCUT2D eigenvalue weighted by molar-refractivity contribution is 0.344. The minimum Gasteiger partial charge on any atom is -0.504 e. The van der Waals surface area contributed by atoms with Crippen molar-refractivity contribution in [3.8, 4) is 34.5 Å². The van der Waals surface area contributed by atoms with Gasteiger partial charge in [0.15, 0.2) is 34.5 Å². The highest BCUT2D eigenvalue weighted by Crippen LogP contribution is 2.48. The second kappa shape index (κ2) is 13.2. The molecule has 0 aliphatic rings. The predicted octanol–water partition coefficient (Wildman–Crippen LogP) is 8.02. The van der Waals surface area contributed by atoms with Gasteiger partial charge in [0.2, 0.25) is 0 Å². The number of methoxy groups -OCH3 is 3. The third-order valence-electron chi connectivity index (χ3n) is 8.35. The van der Waals surface area contributed by atoms with Crippen molar-refractivity contribution in [1.29, 1.82) is 0 Å². The van der Waals surface area contributed by atoms with Crippen LogP contribution >= 0.6 is 0 Å². The van der Waals surface area contributed by atoms with E-state index in [0.717, 1.165) is 60.8 Å². The summed E-state index contributed by atoms with van der Waals surface area (Å²) >= 11 is 0. The van der Waals surface area contributed by atoms with Gasteiger partial charge in [0, 0.05) is 16.4 Å². The molecule has 0 spiro atoms. The SMILES string of the molecule is CCCCC(C)(Cc1ccc(O)c(OC)c1)c1cc(C(C)(CCCC)c2ccc(O)c(OC)c2)cc(OC)c1O. The average molecular weight is 551 g/mol. The lowest BCUT2D eigenvalue weighted by Gasteiger charge is -2.36. The molecule has 0 radical (unpaired) electrons. The van der Waals surface area contributed by atoms with Gasteiger partial charge in [-0.2, -0.15) is 0 Å². The zero-order valence-electron chi connectivity index (χ0n) is 25.1. The number of unbranched alkanes of at least 4 members (excludes halogenated alkanes) is 2. The summed E-state index contributed by atoms with van der Waals surface area (Å²) in [5.41, 5.74) is 3.03. The van der Waals surface area contributed by atoms with Crippen molar-refractivity contribution in [2.45, 2.75) is 83.5 Å². The zero-order chi connectivity index (χ0) is 29.5. The highest BCUT2D eigenvalue weighted by molar-refractivity contribution is 5.57. The topological polar surface area (TPSA) is 88.4 Å². The lowest BCUT2D eigenvalue weighted by atomic mass is 9.68. The fraction of sp³-hybridized carbons (Fsp3) is 0.471. The Labute approximate surface area is 239 Å². The molecule has 6 nitrogen and oxygen atoms in total. The van der Waals surface area contributed by atoms with Gasteiger partial charge in [-0.15, -0.1) is 0 Å². The summed E-state index contributed by atoms with van der Waals surface area (Å²) in [4.78, 5) is 0. The van der Waals surface area contributed by atoms with Gasteiger partial charge in [0.1, 0.15) is 0 Å². The Bertz CT molecular complexity index is 1290. The van der Waals surface area contributed by atoms with E-state index in [1.54, 1.807) is 33.5 Å². The maximum Gasteiger partial charge on any atom is 0.161 e. The first-order valence-electron chi connectivity index (χ1n) is 14.2. The molecule has 40 heavy (non-hydrogen) atoms. The summed E-state index contributed by atoms with van der Waals surface area (Å²) in [6.45, 7) is 8.74. The van der Waals surface area contributed by atoms with Crippen LogP contribution in [0.3, 0.4) is 0 Å². The van der Waals surface area contributed by atoms with E-state index in [4.69, 9.17) is 14.2 Å². The van der Waals surface area contributed by atoms with Crippen LogP contribution in [0.15, 0.2) is 48.5 Å². The molecule has 0 aliphatic carbocycles. The van der Waals surface area contributed by atoms with Crippen molar-refractivity contribution in [2.24, 2.45) is 0 Å². The summed E-state index contributed by atoms with van der Waals surface area (Å²) in [6, 6.07) is 15.1. The summed E-state index contributed by atoms with van der Waals surface area (Å²) < 4.78 is 16.6. The fourth-order valence-corrected chi connectivity index (χ4v) is 5.72. The summed E-state index contributed by atoms with van der Waals surface area (Å²) in [6.07, 6.45) is 6.40. The molecule has 0 amide bonds. The van der Waals surface area contributed by atoms with Crippen LogP contribution in [0.5, 0.6) is 34.5 Å². The number of benzene rings is 3. The van der Waals surface area contributed by atoms with Crippen LogP contribution in [-0.2, 0) is 17.3 Å². The standard InChI is InChI=1S/C34H46O6/c1-8-10-16-33(3,22-23-12-14-27(35)29(18-23)38-5)26-19-25(21-31(40-7)32(26)37)34(4,17-11-9-2)24-13-15-28(36)30(20-24)39-6/h12-15,18-21,35-37H,8-11,16-17,22H2,1-7H3. The predicted molar refractivity (Wildman–Crippen MR) is 161 cm³/mol. The monoisotopic (exact) mass is 550 g/mol. The van der Waals surface area contributed by atoms with Crippen molar-refractivity contribution in [2.75, 3.05) is 21.3 Å². The molecule has 2 unspecified atom stereocenters. The van der Waals surface area contributed by atoms with Gasteiger partial charge in [-0.05, 0) is 66.3 Å². The number of hydrogen-bond donors (Lipinski definition) is 3. The Balaban J connectivity index is 2.25. The highest BCUT2D eigenvalue weighted by Gasteiger charge is 2.36. The molecule has 3 rings (SSSR count). The molecule has 0 saturated carbocycles. The summed E-state index contributed by atoms with van der Waals surface area (Å²) in [5.74, 6) is 1.65. The van der Waals surface area contributed by atoms with Gasteiger partial charge < -0.3 is 29.5 Å². The Kier molecular flexibility index (Phi) is 10.2. The van der Waals surface area contributed by atoms with E-state index in [0.29, 0.717) is 23.7 Å². The molecule has 0 aliphatic heterocycles. The van der Waals surface area contributed by atoms with Crippen molar-refractivity contribution in [1.82, 2.24) is 0 Å². The minimum absolute atomic E-state index is 0.101. The van der Waals surface area contributed by atoms with Crippen LogP contribution < -0.4 is 14.2 Å². The van der Waals surface area contributed by atoms with Gasteiger partial charge in [0.25, 0.3) is 0 Å². The van der Waals surface area contributed by atoms with Gasteiger partial charge in [-0.3, -0.25) is 0 Å². The second-order valence-corrected chi connectivity index (χ2v) is 11.2. The molecule has 3 aromatic rings. The summed E-state index contributed by atoms with van der Waals surface area (Å²) in [7, 11) is 4.69. The van der Waals surface area contributed by atoms with Crippen LogP contribution in [0.25, 0.3) is 0 Å². The number of aromatic hydroxyl groups is 3. The first-order chi connectivity index (χ1) is 19.1. The molecular weight excluding hydrogens is 504 g/mol. The second-order valence-electron chi connectivity index (χ2n) is 11.2. The van der Waals surface area contributed by atoms with Crippen molar-refractivity contribution < 1.29 is 29.5 Å². The van der Waals surface area contributed by atoms with Gasteiger partial charge in [-0.25, -0.2) is 0 Å². The highest BCUT2D eigenvalue weighted by atomic mass is 16.5. The molecule has 2 atom stereocenters. The van der Waals surface area contributed by atoms with E-state index in [1.807, 2.05) is 30.3 Å². The van der Waals surface area contributed by atoms with E-state index in [9.17, 15) is 15.3 Å². The number of phenolic OH excluding ortho intramolecular Hbond substituents is 3. The number of phenols is 3. The number of ether oxygens (including phenoxy) is 3. The van der Waals surface area contributed by atoms with E-state index in [1.165, 1.54) is 0 Å². The molecule has 218 valence electrons. The number of rotatable bonds is 14. The van der Waals surface area contributed by atoms with Crippen molar-refractivity contribution >= 4 is 0 Å². The fourth-order valence-electron chi connectivity index (χ4n) is 5.72. The first kappa shape index (κ1) is 31.0. The molecule has 3 aromatic carbocycles. The molecule has 6 heteroatoms. The molecule has 0 saturated heterocycles. The minimum atomic E-state index is -0.430. The van der Waals surface area contributed by atoms with Gasteiger partial charge in [-0.1, -0.05) is 71.6 Å². The Hall–Kier alpha value is -3.54. The van der Waals surface area contributed by atoms with Crippen LogP contribution in [0.4, 0.5) is 0 Å². The Morgan fingerprint density at radius 2 is 1.20 bits per heavy atom. The number of hydrogen-bond acceptors (Lipinski definition) is 6. The molecule has 3 N–H and O–H groups in total. The molecule has 0 fully saturated rings. The van der Waals surface area contributed by atoms with E-state index in [-0.39, 0.29) is 17.2 Å². The smallest absolute Gasteiger partial charge is 0.161 e.